The van der Waals surface area contributed by atoms with E-state index in [1.807, 2.05) is 6.07 Å². The highest BCUT2D eigenvalue weighted by Crippen LogP contribution is 2.38. The van der Waals surface area contributed by atoms with Crippen LogP contribution in [0.2, 0.25) is 0 Å². The minimum absolute atomic E-state index is 0.0548. The van der Waals surface area contributed by atoms with E-state index in [0.717, 1.165) is 23.8 Å². The molecule has 0 aromatic heterocycles. The van der Waals surface area contributed by atoms with E-state index < -0.39 is 26.9 Å². The van der Waals surface area contributed by atoms with Crippen LogP contribution in [0.15, 0.2) is 48.5 Å². The largest absolute Gasteiger partial charge is 0.221 e. The molecule has 24 heavy (non-hydrogen) atoms. The Morgan fingerprint density at radius 2 is 1.79 bits per heavy atom. The highest BCUT2D eigenvalue weighted by molar-refractivity contribution is 7.89. The first-order chi connectivity index (χ1) is 11.4. The van der Waals surface area contributed by atoms with Crippen molar-refractivity contribution in [2.24, 2.45) is 0 Å². The Morgan fingerprint density at radius 1 is 1.08 bits per heavy atom. The molecule has 1 fully saturated rings. The van der Waals surface area contributed by atoms with Crippen LogP contribution in [0.4, 0.5) is 8.78 Å². The Kier molecular flexibility index (Phi) is 4.69. The number of hydrogen-bond donors (Lipinski definition) is 0. The quantitative estimate of drug-likeness (QED) is 0.837. The topological polar surface area (TPSA) is 37.4 Å². The molecule has 0 amide bonds. The minimum atomic E-state index is -3.65. The summed E-state index contributed by atoms with van der Waals surface area (Å²) in [5.74, 6) is -1.17. The van der Waals surface area contributed by atoms with E-state index in [4.69, 9.17) is 0 Å². The lowest BCUT2D eigenvalue weighted by atomic mass is 10.0. The van der Waals surface area contributed by atoms with E-state index in [2.05, 4.69) is 0 Å². The lowest BCUT2D eigenvalue weighted by Crippen LogP contribution is -2.44. The van der Waals surface area contributed by atoms with E-state index in [0.29, 0.717) is 12.8 Å². The van der Waals surface area contributed by atoms with Gasteiger partial charge in [-0.15, -0.1) is 0 Å². The van der Waals surface area contributed by atoms with Gasteiger partial charge in [0.15, 0.2) is 0 Å². The number of nitrogens with zero attached hydrogens (tertiary/aromatic N) is 1. The van der Waals surface area contributed by atoms with Crippen molar-refractivity contribution in [2.75, 3.05) is 0 Å². The second kappa shape index (κ2) is 6.61. The predicted octanol–water partition coefficient (Wildman–Crippen LogP) is 4.02. The molecule has 0 spiro atoms. The number of benzene rings is 2. The van der Waals surface area contributed by atoms with Gasteiger partial charge in [-0.1, -0.05) is 30.3 Å². The molecule has 2 unspecified atom stereocenters. The molecular weight excluding hydrogens is 332 g/mol. The van der Waals surface area contributed by atoms with Crippen LogP contribution in [0.5, 0.6) is 0 Å². The maximum atomic E-state index is 13.9. The third-order valence-corrected chi connectivity index (χ3v) is 6.90. The van der Waals surface area contributed by atoms with Crippen LogP contribution in [0, 0.1) is 11.6 Å². The first kappa shape index (κ1) is 17.0. The maximum absolute atomic E-state index is 13.9. The van der Waals surface area contributed by atoms with Crippen molar-refractivity contribution in [3.8, 4) is 0 Å². The van der Waals surface area contributed by atoms with Gasteiger partial charge in [0.2, 0.25) is 10.0 Å². The van der Waals surface area contributed by atoms with Crippen molar-refractivity contribution in [1.82, 2.24) is 4.31 Å². The molecule has 3 rings (SSSR count). The van der Waals surface area contributed by atoms with Crippen LogP contribution >= 0.6 is 0 Å². The second-order valence-electron chi connectivity index (χ2n) is 6.15. The van der Waals surface area contributed by atoms with Gasteiger partial charge >= 0.3 is 0 Å². The fourth-order valence-electron chi connectivity index (χ4n) is 3.18. The fraction of sp³-hybridized carbons (Fsp3) is 0.333. The van der Waals surface area contributed by atoms with E-state index in [1.165, 1.54) is 4.31 Å². The van der Waals surface area contributed by atoms with Crippen molar-refractivity contribution in [2.45, 2.75) is 37.6 Å². The smallest absolute Gasteiger partial charge is 0.212 e. The summed E-state index contributed by atoms with van der Waals surface area (Å²) in [6, 6.07) is 11.9. The van der Waals surface area contributed by atoms with Crippen LogP contribution < -0.4 is 0 Å². The molecule has 0 radical (unpaired) electrons. The molecule has 2 aromatic rings. The van der Waals surface area contributed by atoms with Crippen LogP contribution in [0.1, 0.15) is 36.1 Å². The van der Waals surface area contributed by atoms with Gasteiger partial charge in [-0.05, 0) is 43.5 Å². The average molecular weight is 351 g/mol. The maximum Gasteiger partial charge on any atom is 0.221 e. The third kappa shape index (κ3) is 3.21. The highest BCUT2D eigenvalue weighted by atomic mass is 32.2. The Balaban J connectivity index is 1.95. The van der Waals surface area contributed by atoms with Gasteiger partial charge < -0.3 is 0 Å². The first-order valence-corrected chi connectivity index (χ1v) is 9.39. The molecule has 2 aromatic carbocycles. The molecule has 1 heterocycles. The van der Waals surface area contributed by atoms with Gasteiger partial charge in [-0.25, -0.2) is 17.2 Å². The van der Waals surface area contributed by atoms with Crippen molar-refractivity contribution < 1.29 is 17.2 Å². The Labute approximate surface area is 141 Å². The molecule has 1 aliphatic heterocycles. The zero-order valence-electron chi connectivity index (χ0n) is 13.3. The molecule has 0 bridgehead atoms. The molecule has 128 valence electrons. The Hall–Kier alpha value is -1.79. The zero-order chi connectivity index (χ0) is 17.3. The summed E-state index contributed by atoms with van der Waals surface area (Å²) in [6.45, 7) is 1.65. The van der Waals surface area contributed by atoms with Crippen molar-refractivity contribution in [3.05, 3.63) is 71.3 Å². The molecule has 2 atom stereocenters. The zero-order valence-corrected chi connectivity index (χ0v) is 14.1. The Morgan fingerprint density at radius 3 is 2.50 bits per heavy atom. The van der Waals surface area contributed by atoms with E-state index in [1.54, 1.807) is 31.2 Å². The van der Waals surface area contributed by atoms with Gasteiger partial charge in [0.05, 0.1) is 0 Å². The lowest BCUT2D eigenvalue weighted by molar-refractivity contribution is 0.279. The van der Waals surface area contributed by atoms with Crippen molar-refractivity contribution >= 4 is 10.0 Å². The van der Waals surface area contributed by atoms with Crippen molar-refractivity contribution in [3.63, 3.8) is 0 Å². The van der Waals surface area contributed by atoms with Crippen molar-refractivity contribution in [1.29, 1.82) is 0 Å². The molecule has 1 saturated heterocycles. The number of hydrogen-bond acceptors (Lipinski definition) is 2. The summed E-state index contributed by atoms with van der Waals surface area (Å²) >= 11 is 0. The van der Waals surface area contributed by atoms with Crippen LogP contribution in [-0.4, -0.2) is 18.8 Å². The third-order valence-electron chi connectivity index (χ3n) is 4.53. The standard InChI is InChI=1S/C18H19F2NO2S/c1-13-7-10-18(14-5-3-2-4-6-14)24(22,23)21(13)12-15-11-16(19)8-9-17(15)20/h2-6,8-9,11,13,18H,7,10,12H2,1H3. The molecule has 0 N–H and O–H groups in total. The monoisotopic (exact) mass is 351 g/mol. The summed E-state index contributed by atoms with van der Waals surface area (Å²) in [5, 5.41) is -0.647. The summed E-state index contributed by atoms with van der Waals surface area (Å²) in [5.41, 5.74) is 0.785. The average Bonchev–Trinajstić information content (AvgIpc) is 2.55. The number of halogens is 2. The van der Waals surface area contributed by atoms with E-state index >= 15 is 0 Å². The molecule has 6 heteroatoms. The minimum Gasteiger partial charge on any atom is -0.212 e. The van der Waals surface area contributed by atoms with E-state index in [9.17, 15) is 17.2 Å². The Bertz CT molecular complexity index is 824. The summed E-state index contributed by atoms with van der Waals surface area (Å²) in [4.78, 5) is 0. The van der Waals surface area contributed by atoms with Gasteiger partial charge in [0.25, 0.3) is 0 Å². The van der Waals surface area contributed by atoms with Gasteiger partial charge in [0.1, 0.15) is 16.9 Å². The van der Waals surface area contributed by atoms with Crippen LogP contribution in [-0.2, 0) is 16.6 Å². The fourth-order valence-corrected chi connectivity index (χ4v) is 5.37. The highest BCUT2D eigenvalue weighted by Gasteiger charge is 2.40. The summed E-state index contributed by atoms with van der Waals surface area (Å²) < 4.78 is 54.7. The van der Waals surface area contributed by atoms with E-state index in [-0.39, 0.29) is 18.2 Å². The van der Waals surface area contributed by atoms with Crippen LogP contribution in [0.25, 0.3) is 0 Å². The predicted molar refractivity (Wildman–Crippen MR) is 88.7 cm³/mol. The SMILES string of the molecule is CC1CCC(c2ccccc2)S(=O)(=O)N1Cc1cc(F)ccc1F. The molecule has 3 nitrogen and oxygen atoms in total. The molecular formula is C18H19F2NO2S. The molecule has 0 aliphatic carbocycles. The first-order valence-electron chi connectivity index (χ1n) is 7.89. The summed E-state index contributed by atoms with van der Waals surface area (Å²) in [6.07, 6.45) is 1.20. The normalized spacial score (nSPS) is 24.0. The molecule has 1 aliphatic rings. The van der Waals surface area contributed by atoms with Gasteiger partial charge in [0, 0.05) is 18.2 Å². The number of sulfonamides is 1. The summed E-state index contributed by atoms with van der Waals surface area (Å²) in [7, 11) is -3.65. The van der Waals surface area contributed by atoms with Gasteiger partial charge in [-0.3, -0.25) is 0 Å². The molecule has 0 saturated carbocycles. The number of rotatable bonds is 3. The lowest BCUT2D eigenvalue weighted by Gasteiger charge is -2.37. The van der Waals surface area contributed by atoms with Crippen LogP contribution in [0.3, 0.4) is 0 Å². The van der Waals surface area contributed by atoms with Gasteiger partial charge in [-0.2, -0.15) is 4.31 Å². The second-order valence-corrected chi connectivity index (χ2v) is 8.22.